The molecule has 21 heavy (non-hydrogen) atoms. The van der Waals surface area contributed by atoms with E-state index in [-0.39, 0.29) is 6.03 Å². The predicted octanol–water partition coefficient (Wildman–Crippen LogP) is 3.09. The molecule has 2 aromatic rings. The van der Waals surface area contributed by atoms with Crippen LogP contribution in [0.4, 0.5) is 10.5 Å². The number of benzene rings is 1. The third-order valence-corrected chi connectivity index (χ3v) is 3.56. The number of hydrogen-bond acceptors (Lipinski definition) is 2. The van der Waals surface area contributed by atoms with Crippen molar-refractivity contribution in [2.24, 2.45) is 0 Å². The van der Waals surface area contributed by atoms with Crippen molar-refractivity contribution in [1.82, 2.24) is 15.5 Å². The van der Waals surface area contributed by atoms with Crippen molar-refractivity contribution in [3.8, 4) is 0 Å². The van der Waals surface area contributed by atoms with Gasteiger partial charge in [0.25, 0.3) is 0 Å². The van der Waals surface area contributed by atoms with E-state index < -0.39 is 0 Å². The molecule has 0 saturated carbocycles. The fraction of sp³-hybridized carbons (Fsp3) is 0.375. The Morgan fingerprint density at radius 2 is 1.95 bits per heavy atom. The van der Waals surface area contributed by atoms with Gasteiger partial charge in [-0.05, 0) is 50.3 Å². The van der Waals surface area contributed by atoms with Gasteiger partial charge in [0.2, 0.25) is 0 Å². The normalized spacial score (nSPS) is 10.4. The Labute approximate surface area is 125 Å². The number of carbonyl (C=O) groups is 1. The minimum atomic E-state index is -0.156. The van der Waals surface area contributed by atoms with Gasteiger partial charge in [-0.15, -0.1) is 0 Å². The maximum absolute atomic E-state index is 11.9. The van der Waals surface area contributed by atoms with E-state index in [4.69, 9.17) is 0 Å². The van der Waals surface area contributed by atoms with E-state index in [2.05, 4.69) is 20.8 Å². The number of aromatic amines is 1. The summed E-state index contributed by atoms with van der Waals surface area (Å²) in [7, 11) is 0. The van der Waals surface area contributed by atoms with Gasteiger partial charge in [-0.3, -0.25) is 5.10 Å². The number of H-pyrrole nitrogens is 1. The van der Waals surface area contributed by atoms with Gasteiger partial charge in [0.1, 0.15) is 0 Å². The highest BCUT2D eigenvalue weighted by atomic mass is 16.2. The molecule has 0 unspecified atom stereocenters. The monoisotopic (exact) mass is 286 g/mol. The summed E-state index contributed by atoms with van der Waals surface area (Å²) in [4.78, 5) is 11.9. The average Bonchev–Trinajstić information content (AvgIpc) is 2.85. The second-order valence-electron chi connectivity index (χ2n) is 5.27. The Morgan fingerprint density at radius 3 is 2.57 bits per heavy atom. The molecule has 0 bridgehead atoms. The van der Waals surface area contributed by atoms with Gasteiger partial charge in [-0.25, -0.2) is 4.79 Å². The zero-order chi connectivity index (χ0) is 15.2. The van der Waals surface area contributed by atoms with E-state index in [0.717, 1.165) is 35.3 Å². The van der Waals surface area contributed by atoms with Crippen LogP contribution in [-0.2, 0) is 6.42 Å². The molecule has 0 radical (unpaired) electrons. The molecule has 1 aromatic carbocycles. The van der Waals surface area contributed by atoms with E-state index in [0.29, 0.717) is 6.54 Å². The van der Waals surface area contributed by atoms with Crippen LogP contribution in [0, 0.1) is 20.8 Å². The third-order valence-electron chi connectivity index (χ3n) is 3.56. The summed E-state index contributed by atoms with van der Waals surface area (Å²) >= 11 is 0. The van der Waals surface area contributed by atoms with E-state index >= 15 is 0 Å². The fourth-order valence-electron chi connectivity index (χ4n) is 2.28. The second-order valence-corrected chi connectivity index (χ2v) is 5.27. The number of para-hydroxylation sites is 1. The van der Waals surface area contributed by atoms with Gasteiger partial charge < -0.3 is 10.6 Å². The van der Waals surface area contributed by atoms with Crippen molar-refractivity contribution in [1.29, 1.82) is 0 Å². The molecular formula is C16H22N4O. The molecule has 2 amide bonds. The molecule has 0 aliphatic rings. The zero-order valence-electron chi connectivity index (χ0n) is 12.8. The zero-order valence-corrected chi connectivity index (χ0v) is 12.8. The lowest BCUT2D eigenvalue weighted by atomic mass is 10.1. The first-order valence-corrected chi connectivity index (χ1v) is 7.18. The highest BCUT2D eigenvalue weighted by molar-refractivity contribution is 5.90. The van der Waals surface area contributed by atoms with Crippen LogP contribution in [-0.4, -0.2) is 22.8 Å². The average molecular weight is 286 g/mol. The van der Waals surface area contributed by atoms with E-state index in [1.54, 1.807) is 0 Å². The van der Waals surface area contributed by atoms with Crippen molar-refractivity contribution >= 4 is 11.7 Å². The minimum Gasteiger partial charge on any atom is -0.338 e. The first kappa shape index (κ1) is 15.1. The van der Waals surface area contributed by atoms with E-state index in [1.807, 2.05) is 45.2 Å². The van der Waals surface area contributed by atoms with Crippen LogP contribution in [0.2, 0.25) is 0 Å². The summed E-state index contributed by atoms with van der Waals surface area (Å²) in [5.41, 5.74) is 5.32. The quantitative estimate of drug-likeness (QED) is 0.739. The second kappa shape index (κ2) is 6.92. The number of anilines is 1. The lowest BCUT2D eigenvalue weighted by molar-refractivity contribution is 0.252. The molecule has 0 atom stereocenters. The predicted molar refractivity (Wildman–Crippen MR) is 84.6 cm³/mol. The molecule has 0 saturated heterocycles. The van der Waals surface area contributed by atoms with Gasteiger partial charge in [0, 0.05) is 17.9 Å². The molecule has 0 aliphatic heterocycles. The fourth-order valence-corrected chi connectivity index (χ4v) is 2.28. The van der Waals surface area contributed by atoms with Crippen molar-refractivity contribution in [3.05, 3.63) is 46.8 Å². The lowest BCUT2D eigenvalue weighted by Gasteiger charge is -2.12. The molecule has 0 fully saturated rings. The number of carbonyl (C=O) groups excluding carboxylic acids is 1. The minimum absolute atomic E-state index is 0.156. The van der Waals surface area contributed by atoms with Gasteiger partial charge in [-0.2, -0.15) is 5.10 Å². The number of nitrogens with one attached hydrogen (secondary N) is 3. The molecule has 1 aromatic heterocycles. The molecule has 1 heterocycles. The first-order chi connectivity index (χ1) is 10.1. The summed E-state index contributed by atoms with van der Waals surface area (Å²) < 4.78 is 0. The van der Waals surface area contributed by atoms with Crippen LogP contribution >= 0.6 is 0 Å². The maximum Gasteiger partial charge on any atom is 0.319 e. The standard InChI is InChI=1S/C16H22N4O/c1-11-6-4-7-12(2)15(11)19-16(21)17-9-5-8-14-10-18-20-13(14)3/h4,6-7,10H,5,8-9H2,1-3H3,(H,18,20)(H2,17,19,21). The van der Waals surface area contributed by atoms with Crippen molar-refractivity contribution < 1.29 is 4.79 Å². The summed E-state index contributed by atoms with van der Waals surface area (Å²) in [5.74, 6) is 0. The van der Waals surface area contributed by atoms with Crippen LogP contribution in [0.5, 0.6) is 0 Å². The smallest absolute Gasteiger partial charge is 0.319 e. The number of aromatic nitrogens is 2. The summed E-state index contributed by atoms with van der Waals surface area (Å²) in [5, 5.41) is 12.7. The molecule has 2 rings (SSSR count). The van der Waals surface area contributed by atoms with Gasteiger partial charge >= 0.3 is 6.03 Å². The maximum atomic E-state index is 11.9. The molecule has 5 nitrogen and oxygen atoms in total. The van der Waals surface area contributed by atoms with E-state index in [9.17, 15) is 4.79 Å². The number of amides is 2. The first-order valence-electron chi connectivity index (χ1n) is 7.18. The van der Waals surface area contributed by atoms with Gasteiger partial charge in [0.15, 0.2) is 0 Å². The van der Waals surface area contributed by atoms with Gasteiger partial charge in [-0.1, -0.05) is 18.2 Å². The Morgan fingerprint density at radius 1 is 1.24 bits per heavy atom. The number of urea groups is 1. The Bertz CT molecular complexity index is 598. The summed E-state index contributed by atoms with van der Waals surface area (Å²) in [6.45, 7) is 6.62. The number of hydrogen-bond donors (Lipinski definition) is 3. The number of nitrogens with zero attached hydrogens (tertiary/aromatic N) is 1. The van der Waals surface area contributed by atoms with Crippen LogP contribution in [0.25, 0.3) is 0 Å². The van der Waals surface area contributed by atoms with Gasteiger partial charge in [0.05, 0.1) is 6.20 Å². The van der Waals surface area contributed by atoms with Crippen LogP contribution < -0.4 is 10.6 Å². The third kappa shape index (κ3) is 4.08. The highest BCUT2D eigenvalue weighted by Gasteiger charge is 2.06. The topological polar surface area (TPSA) is 69.8 Å². The Kier molecular flexibility index (Phi) is 4.98. The number of rotatable bonds is 5. The molecular weight excluding hydrogens is 264 g/mol. The van der Waals surface area contributed by atoms with E-state index in [1.165, 1.54) is 5.56 Å². The van der Waals surface area contributed by atoms with Crippen molar-refractivity contribution in [2.75, 3.05) is 11.9 Å². The lowest BCUT2D eigenvalue weighted by Crippen LogP contribution is -2.30. The molecule has 5 heteroatoms. The molecule has 0 spiro atoms. The van der Waals surface area contributed by atoms with Crippen LogP contribution in [0.3, 0.4) is 0 Å². The Balaban J connectivity index is 1.76. The van der Waals surface area contributed by atoms with Crippen LogP contribution in [0.15, 0.2) is 24.4 Å². The van der Waals surface area contributed by atoms with Crippen LogP contribution in [0.1, 0.15) is 28.8 Å². The molecule has 0 aliphatic carbocycles. The largest absolute Gasteiger partial charge is 0.338 e. The SMILES string of the molecule is Cc1cccc(C)c1NC(=O)NCCCc1cn[nH]c1C. The summed E-state index contributed by atoms with van der Waals surface area (Å²) in [6.07, 6.45) is 3.64. The Hall–Kier alpha value is -2.30. The highest BCUT2D eigenvalue weighted by Crippen LogP contribution is 2.18. The molecule has 112 valence electrons. The summed E-state index contributed by atoms with van der Waals surface area (Å²) in [6, 6.07) is 5.81. The van der Waals surface area contributed by atoms with Crippen molar-refractivity contribution in [3.63, 3.8) is 0 Å². The molecule has 3 N–H and O–H groups in total. The number of aryl methyl sites for hydroxylation is 4. The van der Waals surface area contributed by atoms with Crippen molar-refractivity contribution in [2.45, 2.75) is 33.6 Å².